The van der Waals surface area contributed by atoms with E-state index in [2.05, 4.69) is 20.8 Å². The van der Waals surface area contributed by atoms with Crippen molar-refractivity contribution in [3.63, 3.8) is 0 Å². The number of anilines is 1. The van der Waals surface area contributed by atoms with E-state index in [0.29, 0.717) is 17.9 Å². The fourth-order valence-corrected chi connectivity index (χ4v) is 2.68. The molecule has 1 atom stereocenters. The molecule has 0 saturated carbocycles. The van der Waals surface area contributed by atoms with Gasteiger partial charge in [0.2, 0.25) is 11.9 Å². The summed E-state index contributed by atoms with van der Waals surface area (Å²) < 4.78 is 0. The van der Waals surface area contributed by atoms with Gasteiger partial charge in [-0.25, -0.2) is 20.2 Å². The van der Waals surface area contributed by atoms with E-state index in [1.54, 1.807) is 6.92 Å². The number of carbonyl (C=O) groups excluding carboxylic acids is 1. The molecule has 0 spiro atoms. The number of carboxylic acid groups (broad SMARTS) is 1. The molecule has 1 aliphatic rings. The standard InChI is InChI=1S/C16H22N6O4/c1-11(20-16(24)25)10-26-21-14(23)6-12-2-4-22(5-3-12)15-18-8-13(7-17)9-19-15/h8-9,11-12,20H,2-6,10H2,1H3,(H,21,23)(H,24,25)/t11-/m0/s1. The lowest BCUT2D eigenvalue weighted by molar-refractivity contribution is -0.135. The Morgan fingerprint density at radius 3 is 2.65 bits per heavy atom. The van der Waals surface area contributed by atoms with Gasteiger partial charge in [0.1, 0.15) is 6.07 Å². The Bertz CT molecular complexity index is 652. The maximum absolute atomic E-state index is 11.9. The summed E-state index contributed by atoms with van der Waals surface area (Å²) in [6.07, 6.45) is 3.87. The Kier molecular flexibility index (Phi) is 7.11. The van der Waals surface area contributed by atoms with E-state index in [1.165, 1.54) is 12.4 Å². The number of hydroxylamine groups is 1. The van der Waals surface area contributed by atoms with Gasteiger partial charge >= 0.3 is 6.09 Å². The molecule has 1 aromatic heterocycles. The first-order valence-corrected chi connectivity index (χ1v) is 8.35. The zero-order valence-corrected chi connectivity index (χ0v) is 14.5. The van der Waals surface area contributed by atoms with Crippen molar-refractivity contribution in [3.05, 3.63) is 18.0 Å². The average molecular weight is 362 g/mol. The molecule has 10 heteroatoms. The summed E-state index contributed by atoms with van der Waals surface area (Å²) in [4.78, 5) is 37.8. The van der Waals surface area contributed by atoms with Gasteiger partial charge in [0.15, 0.2) is 0 Å². The Morgan fingerprint density at radius 1 is 1.42 bits per heavy atom. The summed E-state index contributed by atoms with van der Waals surface area (Å²) in [7, 11) is 0. The van der Waals surface area contributed by atoms with Crippen molar-refractivity contribution in [2.24, 2.45) is 5.92 Å². The van der Waals surface area contributed by atoms with E-state index in [-0.39, 0.29) is 18.4 Å². The number of piperidine rings is 1. The fourth-order valence-electron chi connectivity index (χ4n) is 2.68. The van der Waals surface area contributed by atoms with E-state index in [9.17, 15) is 9.59 Å². The Balaban J connectivity index is 1.67. The van der Waals surface area contributed by atoms with Crippen molar-refractivity contribution in [1.29, 1.82) is 5.26 Å². The van der Waals surface area contributed by atoms with E-state index >= 15 is 0 Å². The monoisotopic (exact) mass is 362 g/mol. The van der Waals surface area contributed by atoms with Crippen LogP contribution in [0.5, 0.6) is 0 Å². The molecule has 3 N–H and O–H groups in total. The van der Waals surface area contributed by atoms with Gasteiger partial charge in [0.25, 0.3) is 0 Å². The Morgan fingerprint density at radius 2 is 2.08 bits per heavy atom. The quantitative estimate of drug-likeness (QED) is 0.601. The van der Waals surface area contributed by atoms with Crippen LogP contribution in [0.25, 0.3) is 0 Å². The van der Waals surface area contributed by atoms with Gasteiger partial charge in [0, 0.05) is 19.5 Å². The summed E-state index contributed by atoms with van der Waals surface area (Å²) in [6.45, 7) is 3.18. The smallest absolute Gasteiger partial charge is 0.404 e. The van der Waals surface area contributed by atoms with Gasteiger partial charge in [-0.3, -0.25) is 9.63 Å². The van der Waals surface area contributed by atoms with Crippen LogP contribution in [0.3, 0.4) is 0 Å². The second-order valence-corrected chi connectivity index (χ2v) is 6.20. The molecule has 10 nitrogen and oxygen atoms in total. The maximum Gasteiger partial charge on any atom is 0.404 e. The van der Waals surface area contributed by atoms with Crippen LogP contribution in [-0.2, 0) is 9.63 Å². The first-order valence-electron chi connectivity index (χ1n) is 8.35. The summed E-state index contributed by atoms with van der Waals surface area (Å²) in [5, 5.41) is 19.6. The maximum atomic E-state index is 11.9. The number of nitrogens with zero attached hydrogens (tertiary/aromatic N) is 4. The highest BCUT2D eigenvalue weighted by atomic mass is 16.7. The van der Waals surface area contributed by atoms with Crippen LogP contribution in [0.2, 0.25) is 0 Å². The molecule has 1 fully saturated rings. The topological polar surface area (TPSA) is 140 Å². The molecule has 1 aromatic rings. The van der Waals surface area contributed by atoms with Gasteiger partial charge in [-0.2, -0.15) is 5.26 Å². The van der Waals surface area contributed by atoms with E-state index < -0.39 is 12.1 Å². The second kappa shape index (κ2) is 9.53. The number of carbonyl (C=O) groups is 2. The summed E-state index contributed by atoms with van der Waals surface area (Å²) in [5.41, 5.74) is 2.77. The van der Waals surface area contributed by atoms with Crippen LogP contribution in [0.4, 0.5) is 10.7 Å². The van der Waals surface area contributed by atoms with Crippen molar-refractivity contribution in [3.8, 4) is 6.07 Å². The number of nitriles is 1. The predicted molar refractivity (Wildman–Crippen MR) is 91.0 cm³/mol. The van der Waals surface area contributed by atoms with Gasteiger partial charge in [0.05, 0.1) is 30.6 Å². The predicted octanol–water partition coefficient (Wildman–Crippen LogP) is 0.659. The molecular formula is C16H22N6O4. The molecule has 26 heavy (non-hydrogen) atoms. The van der Waals surface area contributed by atoms with Gasteiger partial charge in [-0.05, 0) is 25.7 Å². The SMILES string of the molecule is C[C@@H](CONC(=O)CC1CCN(c2ncc(C#N)cn2)CC1)NC(=O)O. The summed E-state index contributed by atoms with van der Waals surface area (Å²) in [5.74, 6) is 0.610. The number of amides is 2. The second-order valence-electron chi connectivity index (χ2n) is 6.20. The van der Waals surface area contributed by atoms with Crippen LogP contribution < -0.4 is 15.7 Å². The normalized spacial score (nSPS) is 15.8. The largest absolute Gasteiger partial charge is 0.465 e. The highest BCUT2D eigenvalue weighted by Gasteiger charge is 2.23. The molecule has 2 heterocycles. The van der Waals surface area contributed by atoms with Crippen molar-refractivity contribution in [1.82, 2.24) is 20.8 Å². The molecule has 0 unspecified atom stereocenters. The first-order chi connectivity index (χ1) is 12.5. The molecule has 0 radical (unpaired) electrons. The number of aromatic nitrogens is 2. The average Bonchev–Trinajstić information content (AvgIpc) is 2.62. The van der Waals surface area contributed by atoms with Crippen LogP contribution in [0.15, 0.2) is 12.4 Å². The Hall–Kier alpha value is -2.93. The third-order valence-electron chi connectivity index (χ3n) is 4.03. The van der Waals surface area contributed by atoms with Crippen molar-refractivity contribution >= 4 is 17.9 Å². The minimum absolute atomic E-state index is 0.0620. The molecule has 0 bridgehead atoms. The van der Waals surface area contributed by atoms with Crippen LogP contribution in [0.1, 0.15) is 31.7 Å². The molecule has 0 aromatic carbocycles. The van der Waals surface area contributed by atoms with E-state index in [1.807, 2.05) is 11.0 Å². The van der Waals surface area contributed by atoms with Crippen molar-refractivity contribution in [2.75, 3.05) is 24.6 Å². The third-order valence-corrected chi connectivity index (χ3v) is 4.03. The lowest BCUT2D eigenvalue weighted by Crippen LogP contribution is -2.39. The molecular weight excluding hydrogens is 340 g/mol. The highest BCUT2D eigenvalue weighted by Crippen LogP contribution is 2.22. The number of hydrogen-bond donors (Lipinski definition) is 3. The van der Waals surface area contributed by atoms with Crippen LogP contribution in [0, 0.1) is 17.2 Å². The first kappa shape index (κ1) is 19.4. The van der Waals surface area contributed by atoms with Gasteiger partial charge in [-0.1, -0.05) is 0 Å². The number of nitrogens with one attached hydrogen (secondary N) is 2. The minimum Gasteiger partial charge on any atom is -0.465 e. The molecule has 2 rings (SSSR count). The molecule has 1 saturated heterocycles. The summed E-state index contributed by atoms with van der Waals surface area (Å²) >= 11 is 0. The fraction of sp³-hybridized carbons (Fsp3) is 0.562. The molecule has 140 valence electrons. The summed E-state index contributed by atoms with van der Waals surface area (Å²) in [6, 6.07) is 1.57. The van der Waals surface area contributed by atoms with Gasteiger partial charge in [-0.15, -0.1) is 0 Å². The molecule has 2 amide bonds. The van der Waals surface area contributed by atoms with Crippen molar-refractivity contribution in [2.45, 2.75) is 32.2 Å². The van der Waals surface area contributed by atoms with E-state index in [0.717, 1.165) is 25.9 Å². The third kappa shape index (κ3) is 6.18. The Labute approximate surface area is 151 Å². The lowest BCUT2D eigenvalue weighted by Gasteiger charge is -2.31. The van der Waals surface area contributed by atoms with Crippen molar-refractivity contribution < 1.29 is 19.5 Å². The number of rotatable bonds is 7. The minimum atomic E-state index is -1.13. The van der Waals surface area contributed by atoms with Crippen LogP contribution in [-0.4, -0.2) is 52.8 Å². The zero-order valence-electron chi connectivity index (χ0n) is 14.5. The zero-order chi connectivity index (χ0) is 18.9. The lowest BCUT2D eigenvalue weighted by atomic mass is 9.93. The van der Waals surface area contributed by atoms with Gasteiger partial charge < -0.3 is 15.3 Å². The molecule has 0 aliphatic carbocycles. The number of hydrogen-bond acceptors (Lipinski definition) is 7. The van der Waals surface area contributed by atoms with E-state index in [4.69, 9.17) is 15.2 Å². The highest BCUT2D eigenvalue weighted by molar-refractivity contribution is 5.75. The van der Waals surface area contributed by atoms with Crippen LogP contribution >= 0.6 is 0 Å². The molecule has 1 aliphatic heterocycles.